The van der Waals surface area contributed by atoms with Crippen LogP contribution in [0.5, 0.6) is 0 Å². The summed E-state index contributed by atoms with van der Waals surface area (Å²) in [6, 6.07) is 8.29. The molecule has 1 saturated carbocycles. The van der Waals surface area contributed by atoms with Crippen LogP contribution in [0, 0.1) is 6.92 Å². The van der Waals surface area contributed by atoms with Crippen LogP contribution in [0.25, 0.3) is 22.8 Å². The van der Waals surface area contributed by atoms with Gasteiger partial charge in [0.25, 0.3) is 5.91 Å². The van der Waals surface area contributed by atoms with E-state index in [1.165, 1.54) is 5.56 Å². The topological polar surface area (TPSA) is 70.7 Å². The Morgan fingerprint density at radius 1 is 1.11 bits per heavy atom. The largest absolute Gasteiger partial charge is 0.356 e. The van der Waals surface area contributed by atoms with Crippen molar-refractivity contribution in [1.82, 2.24) is 20.3 Å². The van der Waals surface area contributed by atoms with Crippen LogP contribution in [0.1, 0.15) is 45.6 Å². The van der Waals surface area contributed by atoms with E-state index >= 15 is 0 Å². The van der Waals surface area contributed by atoms with Crippen LogP contribution in [0.2, 0.25) is 0 Å². The summed E-state index contributed by atoms with van der Waals surface area (Å²) in [6.45, 7) is 2.83. The number of carbonyl (C=O) groups excluding carboxylic acids is 1. The lowest BCUT2D eigenvalue weighted by molar-refractivity contribution is 0.0936. The average molecular weight is 356 g/mol. The summed E-state index contributed by atoms with van der Waals surface area (Å²) in [7, 11) is 0. The van der Waals surface area contributed by atoms with E-state index in [1.54, 1.807) is 0 Å². The van der Waals surface area contributed by atoms with E-state index < -0.39 is 0 Å². The molecule has 2 aliphatic carbocycles. The molecular weight excluding hydrogens is 336 g/mol. The van der Waals surface area contributed by atoms with Gasteiger partial charge in [-0.1, -0.05) is 29.8 Å². The smallest absolute Gasteiger partial charge is 0.253 e. The monoisotopic (exact) mass is 356 g/mol. The Balaban J connectivity index is 1.53. The number of aryl methyl sites for hydroxylation is 2. The van der Waals surface area contributed by atoms with Crippen molar-refractivity contribution in [3.05, 3.63) is 58.4 Å². The molecule has 1 amide bonds. The molecule has 3 aromatic rings. The number of hydrogen-bond acceptors (Lipinski definition) is 3. The molecule has 1 spiro atoms. The summed E-state index contributed by atoms with van der Waals surface area (Å²) in [5, 5.41) is 3.10. The highest BCUT2D eigenvalue weighted by molar-refractivity contribution is 6.01. The molecule has 6 rings (SSSR count). The molecule has 3 heterocycles. The summed E-state index contributed by atoms with van der Waals surface area (Å²) >= 11 is 0. The van der Waals surface area contributed by atoms with Gasteiger partial charge in [0.15, 0.2) is 5.82 Å². The van der Waals surface area contributed by atoms with Gasteiger partial charge >= 0.3 is 0 Å². The number of aromatic nitrogens is 3. The molecule has 5 nitrogen and oxygen atoms in total. The molecule has 5 heteroatoms. The average Bonchev–Trinajstić information content (AvgIpc) is 3.35. The summed E-state index contributed by atoms with van der Waals surface area (Å²) in [4.78, 5) is 25.7. The van der Waals surface area contributed by atoms with E-state index in [0.717, 1.165) is 77.4 Å². The molecule has 1 aromatic carbocycles. The molecule has 0 unspecified atom stereocenters. The maximum Gasteiger partial charge on any atom is 0.253 e. The molecule has 1 aliphatic heterocycles. The first-order valence-electron chi connectivity index (χ1n) is 9.61. The number of carbonyl (C=O) groups is 1. The number of aromatic amines is 1. The number of benzene rings is 1. The molecule has 2 aromatic heterocycles. The minimum absolute atomic E-state index is 0.0660. The van der Waals surface area contributed by atoms with Gasteiger partial charge in [-0.05, 0) is 43.7 Å². The fourth-order valence-electron chi connectivity index (χ4n) is 4.55. The van der Waals surface area contributed by atoms with Crippen LogP contribution in [-0.4, -0.2) is 27.4 Å². The molecule has 134 valence electrons. The van der Waals surface area contributed by atoms with Gasteiger partial charge in [-0.15, -0.1) is 0 Å². The van der Waals surface area contributed by atoms with Crippen LogP contribution in [0.3, 0.4) is 0 Å². The molecule has 27 heavy (non-hydrogen) atoms. The van der Waals surface area contributed by atoms with Crippen LogP contribution >= 0.6 is 0 Å². The van der Waals surface area contributed by atoms with Gasteiger partial charge in [-0.25, -0.2) is 9.97 Å². The van der Waals surface area contributed by atoms with Gasteiger partial charge in [0.2, 0.25) is 0 Å². The summed E-state index contributed by atoms with van der Waals surface area (Å²) in [6.07, 6.45) is 5.98. The fraction of sp³-hybridized carbons (Fsp3) is 0.318. The fourth-order valence-corrected chi connectivity index (χ4v) is 4.55. The molecular formula is C22H20N4O. The van der Waals surface area contributed by atoms with E-state index in [4.69, 9.17) is 4.98 Å². The molecule has 0 bridgehead atoms. The van der Waals surface area contributed by atoms with Crippen molar-refractivity contribution < 1.29 is 4.79 Å². The highest BCUT2D eigenvalue weighted by Gasteiger charge is 2.51. The van der Waals surface area contributed by atoms with Crippen LogP contribution in [0.4, 0.5) is 0 Å². The lowest BCUT2D eigenvalue weighted by atomic mass is 9.88. The maximum atomic E-state index is 12.6. The Bertz CT molecular complexity index is 1110. The predicted octanol–water partition coefficient (Wildman–Crippen LogP) is 3.32. The Morgan fingerprint density at radius 3 is 2.70 bits per heavy atom. The predicted molar refractivity (Wildman–Crippen MR) is 103 cm³/mol. The first kappa shape index (κ1) is 15.1. The van der Waals surface area contributed by atoms with Gasteiger partial charge in [-0.2, -0.15) is 0 Å². The second-order valence-corrected chi connectivity index (χ2v) is 8.13. The molecule has 3 aliphatic rings. The van der Waals surface area contributed by atoms with E-state index in [1.807, 2.05) is 6.20 Å². The van der Waals surface area contributed by atoms with Crippen molar-refractivity contribution >= 4 is 5.91 Å². The Hall–Kier alpha value is -2.95. The molecule has 2 N–H and O–H groups in total. The van der Waals surface area contributed by atoms with Crippen molar-refractivity contribution in [2.45, 2.75) is 38.0 Å². The normalized spacial score (nSPS) is 18.5. The number of rotatable bonds is 1. The number of nitrogens with one attached hydrogen (secondary N) is 2. The quantitative estimate of drug-likeness (QED) is 0.703. The molecule has 0 saturated heterocycles. The van der Waals surface area contributed by atoms with Crippen LogP contribution in [-0.2, 0) is 18.3 Å². The van der Waals surface area contributed by atoms with Crippen molar-refractivity contribution in [2.24, 2.45) is 0 Å². The summed E-state index contributed by atoms with van der Waals surface area (Å²) in [5.74, 6) is 0.802. The first-order valence-corrected chi connectivity index (χ1v) is 9.61. The molecule has 0 radical (unpaired) electrons. The van der Waals surface area contributed by atoms with Gasteiger partial charge < -0.3 is 10.3 Å². The van der Waals surface area contributed by atoms with E-state index in [-0.39, 0.29) is 11.3 Å². The van der Waals surface area contributed by atoms with Crippen LogP contribution < -0.4 is 5.32 Å². The minimum atomic E-state index is 0.0660. The van der Waals surface area contributed by atoms with Gasteiger partial charge in [0.1, 0.15) is 0 Å². The number of fused-ring (bicyclic) bond motifs is 6. The van der Waals surface area contributed by atoms with Gasteiger partial charge in [-0.3, -0.25) is 4.79 Å². The third kappa shape index (κ3) is 2.08. The number of hydrogen-bond donors (Lipinski definition) is 2. The summed E-state index contributed by atoms with van der Waals surface area (Å²) in [5.41, 5.74) is 8.67. The number of H-pyrrole nitrogens is 1. The number of nitrogens with zero attached hydrogens (tertiary/aromatic N) is 2. The van der Waals surface area contributed by atoms with Crippen molar-refractivity contribution in [3.8, 4) is 22.8 Å². The second-order valence-electron chi connectivity index (χ2n) is 8.13. The highest BCUT2D eigenvalue weighted by atomic mass is 16.1. The Kier molecular flexibility index (Phi) is 2.84. The van der Waals surface area contributed by atoms with Crippen molar-refractivity contribution in [2.75, 3.05) is 6.54 Å². The zero-order valence-corrected chi connectivity index (χ0v) is 15.2. The second kappa shape index (κ2) is 5.06. The standard InChI is InChI=1S/C22H20N4O/c1-12-2-4-13(5-3-12)20-23-10-14-6-7-15-16-19(25-18(15)17(14)26-20)22(8-9-22)11-24-21(16)27/h2-5,10,25H,6-9,11H2,1H3,(H,24,27). The van der Waals surface area contributed by atoms with Crippen molar-refractivity contribution in [1.29, 1.82) is 0 Å². The number of amides is 1. The van der Waals surface area contributed by atoms with Crippen LogP contribution in [0.15, 0.2) is 30.5 Å². The maximum absolute atomic E-state index is 12.6. The van der Waals surface area contributed by atoms with E-state index in [2.05, 4.69) is 46.5 Å². The van der Waals surface area contributed by atoms with Crippen molar-refractivity contribution in [3.63, 3.8) is 0 Å². The zero-order valence-electron chi connectivity index (χ0n) is 15.2. The Morgan fingerprint density at radius 2 is 1.93 bits per heavy atom. The molecule has 0 atom stereocenters. The minimum Gasteiger partial charge on any atom is -0.356 e. The van der Waals surface area contributed by atoms with E-state index in [0.29, 0.717) is 0 Å². The van der Waals surface area contributed by atoms with E-state index in [9.17, 15) is 4.79 Å². The lowest BCUT2D eigenvalue weighted by Gasteiger charge is -2.23. The highest BCUT2D eigenvalue weighted by Crippen LogP contribution is 2.52. The SMILES string of the molecule is Cc1ccc(-c2ncc3c(n2)-c2[nH]c4c(c2CC3)C(=O)NCC42CC2)cc1. The third-order valence-electron chi connectivity index (χ3n) is 6.36. The lowest BCUT2D eigenvalue weighted by Crippen LogP contribution is -2.39. The van der Waals surface area contributed by atoms with Gasteiger partial charge in [0.05, 0.1) is 17.0 Å². The third-order valence-corrected chi connectivity index (χ3v) is 6.36. The summed E-state index contributed by atoms with van der Waals surface area (Å²) < 4.78 is 0. The van der Waals surface area contributed by atoms with Gasteiger partial charge in [0, 0.05) is 29.4 Å². The zero-order chi connectivity index (χ0) is 18.2. The first-order chi connectivity index (χ1) is 13.1. The Labute approximate surface area is 157 Å². The molecule has 1 fully saturated rings.